The van der Waals surface area contributed by atoms with Crippen LogP contribution < -0.4 is 10.1 Å². The fraction of sp³-hybridized carbons (Fsp3) is 0.200. The highest BCUT2D eigenvalue weighted by Gasteiger charge is 2.14. The Labute approximate surface area is 151 Å². The van der Waals surface area contributed by atoms with E-state index in [1.807, 2.05) is 37.3 Å². The Morgan fingerprint density at radius 1 is 1.15 bits per heavy atom. The van der Waals surface area contributed by atoms with Crippen molar-refractivity contribution in [3.05, 3.63) is 65.6 Å². The Morgan fingerprint density at radius 3 is 2.54 bits per heavy atom. The predicted molar refractivity (Wildman–Crippen MR) is 96.2 cm³/mol. The SMILES string of the molecule is CCCOc1ccc(-c2nc(C#N)c(NCc3ccc(F)cc3)o2)cc1. The standard InChI is InChI=1S/C20H18FN3O2/c1-2-11-25-17-9-5-15(6-10-17)19-24-18(12-22)20(26-19)23-13-14-3-7-16(21)8-4-14/h3-10,23H,2,11,13H2,1H3. The number of hydrogen-bond acceptors (Lipinski definition) is 5. The van der Waals surface area contributed by atoms with E-state index in [1.54, 1.807) is 12.1 Å². The minimum absolute atomic E-state index is 0.174. The van der Waals surface area contributed by atoms with Crippen LogP contribution in [0.15, 0.2) is 52.9 Å². The van der Waals surface area contributed by atoms with Gasteiger partial charge in [0.1, 0.15) is 17.6 Å². The molecule has 0 saturated heterocycles. The Kier molecular flexibility index (Phi) is 5.49. The molecule has 0 aliphatic carbocycles. The van der Waals surface area contributed by atoms with Gasteiger partial charge in [-0.15, -0.1) is 0 Å². The van der Waals surface area contributed by atoms with Crippen molar-refractivity contribution < 1.29 is 13.5 Å². The molecule has 0 unspecified atom stereocenters. The smallest absolute Gasteiger partial charge is 0.232 e. The average Bonchev–Trinajstić information content (AvgIpc) is 3.09. The highest BCUT2D eigenvalue weighted by atomic mass is 19.1. The lowest BCUT2D eigenvalue weighted by Crippen LogP contribution is -1.99. The molecule has 0 spiro atoms. The van der Waals surface area contributed by atoms with Gasteiger partial charge in [0.25, 0.3) is 0 Å². The van der Waals surface area contributed by atoms with Gasteiger partial charge in [0, 0.05) is 12.1 Å². The molecular formula is C20H18FN3O2. The van der Waals surface area contributed by atoms with E-state index >= 15 is 0 Å². The third-order valence-corrected chi connectivity index (χ3v) is 3.67. The summed E-state index contributed by atoms with van der Waals surface area (Å²) in [6.07, 6.45) is 0.941. The van der Waals surface area contributed by atoms with E-state index in [4.69, 9.17) is 9.15 Å². The van der Waals surface area contributed by atoms with Gasteiger partial charge in [-0.05, 0) is 48.4 Å². The molecule has 132 valence electrons. The topological polar surface area (TPSA) is 71.1 Å². The van der Waals surface area contributed by atoms with Crippen LogP contribution in [0.3, 0.4) is 0 Å². The number of hydrogen-bond donors (Lipinski definition) is 1. The number of nitrogens with zero attached hydrogens (tertiary/aromatic N) is 2. The van der Waals surface area contributed by atoms with Crippen molar-refractivity contribution >= 4 is 5.88 Å². The lowest BCUT2D eigenvalue weighted by molar-refractivity contribution is 0.317. The molecule has 5 nitrogen and oxygen atoms in total. The molecule has 0 saturated carbocycles. The van der Waals surface area contributed by atoms with E-state index in [0.717, 1.165) is 23.3 Å². The first-order chi connectivity index (χ1) is 12.7. The van der Waals surface area contributed by atoms with Gasteiger partial charge in [-0.3, -0.25) is 0 Å². The van der Waals surface area contributed by atoms with Crippen LogP contribution in [0, 0.1) is 17.1 Å². The Bertz CT molecular complexity index is 896. The molecule has 26 heavy (non-hydrogen) atoms. The fourth-order valence-corrected chi connectivity index (χ4v) is 2.34. The van der Waals surface area contributed by atoms with Gasteiger partial charge >= 0.3 is 0 Å². The summed E-state index contributed by atoms with van der Waals surface area (Å²) in [5.41, 5.74) is 1.79. The number of nitrogens with one attached hydrogen (secondary N) is 1. The number of nitriles is 1. The van der Waals surface area contributed by atoms with Crippen molar-refractivity contribution in [3.63, 3.8) is 0 Å². The van der Waals surface area contributed by atoms with Crippen LogP contribution >= 0.6 is 0 Å². The molecule has 0 aliphatic rings. The van der Waals surface area contributed by atoms with Crippen LogP contribution in [0.5, 0.6) is 5.75 Å². The monoisotopic (exact) mass is 351 g/mol. The second-order valence-electron chi connectivity index (χ2n) is 5.66. The van der Waals surface area contributed by atoms with Crippen molar-refractivity contribution in [3.8, 4) is 23.3 Å². The maximum absolute atomic E-state index is 13.0. The zero-order chi connectivity index (χ0) is 18.4. The summed E-state index contributed by atoms with van der Waals surface area (Å²) in [6.45, 7) is 3.10. The summed E-state index contributed by atoms with van der Waals surface area (Å²) < 4.78 is 24.2. The first-order valence-electron chi connectivity index (χ1n) is 8.32. The van der Waals surface area contributed by atoms with Gasteiger partial charge in [-0.25, -0.2) is 4.39 Å². The van der Waals surface area contributed by atoms with E-state index in [1.165, 1.54) is 12.1 Å². The predicted octanol–water partition coefficient (Wildman–Crippen LogP) is 4.75. The van der Waals surface area contributed by atoms with Gasteiger partial charge in [0.2, 0.25) is 17.5 Å². The minimum atomic E-state index is -0.292. The van der Waals surface area contributed by atoms with Crippen LogP contribution in [0.25, 0.3) is 11.5 Å². The summed E-state index contributed by atoms with van der Waals surface area (Å²) in [5, 5.41) is 12.3. The third kappa shape index (κ3) is 4.19. The minimum Gasteiger partial charge on any atom is -0.494 e. The molecule has 6 heteroatoms. The Balaban J connectivity index is 1.73. The van der Waals surface area contributed by atoms with Gasteiger partial charge in [-0.1, -0.05) is 19.1 Å². The number of oxazole rings is 1. The summed E-state index contributed by atoms with van der Waals surface area (Å²) in [6, 6.07) is 15.5. The molecule has 3 aromatic rings. The normalized spacial score (nSPS) is 10.3. The van der Waals surface area contributed by atoms with E-state index in [9.17, 15) is 9.65 Å². The van der Waals surface area contributed by atoms with Crippen LogP contribution in [0.1, 0.15) is 24.6 Å². The van der Waals surface area contributed by atoms with Gasteiger partial charge < -0.3 is 14.5 Å². The quantitative estimate of drug-likeness (QED) is 0.665. The molecule has 0 radical (unpaired) electrons. The fourth-order valence-electron chi connectivity index (χ4n) is 2.34. The van der Waals surface area contributed by atoms with Gasteiger partial charge in [-0.2, -0.15) is 10.2 Å². The molecule has 0 aliphatic heterocycles. The second kappa shape index (κ2) is 8.17. The average molecular weight is 351 g/mol. The number of halogens is 1. The Morgan fingerprint density at radius 2 is 1.88 bits per heavy atom. The van der Waals surface area contributed by atoms with Crippen LogP contribution in [-0.4, -0.2) is 11.6 Å². The number of benzene rings is 2. The number of ether oxygens (including phenoxy) is 1. The van der Waals surface area contributed by atoms with Gasteiger partial charge in [0.05, 0.1) is 6.61 Å². The van der Waals surface area contributed by atoms with Crippen LogP contribution in [0.2, 0.25) is 0 Å². The number of rotatable bonds is 7. The third-order valence-electron chi connectivity index (χ3n) is 3.67. The number of anilines is 1. The van der Waals surface area contributed by atoms with E-state index < -0.39 is 0 Å². The summed E-state index contributed by atoms with van der Waals surface area (Å²) in [4.78, 5) is 4.23. The molecule has 3 rings (SSSR count). The summed E-state index contributed by atoms with van der Waals surface area (Å²) >= 11 is 0. The summed E-state index contributed by atoms with van der Waals surface area (Å²) in [5.74, 6) is 1.13. The molecule has 0 atom stereocenters. The zero-order valence-electron chi connectivity index (χ0n) is 14.3. The second-order valence-corrected chi connectivity index (χ2v) is 5.66. The van der Waals surface area contributed by atoms with Crippen molar-refractivity contribution in [2.75, 3.05) is 11.9 Å². The van der Waals surface area contributed by atoms with Crippen molar-refractivity contribution in [2.45, 2.75) is 19.9 Å². The van der Waals surface area contributed by atoms with E-state index in [2.05, 4.69) is 10.3 Å². The molecule has 0 amide bonds. The lowest BCUT2D eigenvalue weighted by atomic mass is 10.2. The maximum atomic E-state index is 13.0. The van der Waals surface area contributed by atoms with Crippen molar-refractivity contribution in [1.29, 1.82) is 5.26 Å². The maximum Gasteiger partial charge on any atom is 0.232 e. The summed E-state index contributed by atoms with van der Waals surface area (Å²) in [7, 11) is 0. The van der Waals surface area contributed by atoms with Gasteiger partial charge in [0.15, 0.2) is 0 Å². The molecular weight excluding hydrogens is 333 g/mol. The lowest BCUT2D eigenvalue weighted by Gasteiger charge is -2.04. The van der Waals surface area contributed by atoms with Crippen LogP contribution in [0.4, 0.5) is 10.3 Å². The highest BCUT2D eigenvalue weighted by Crippen LogP contribution is 2.27. The zero-order valence-corrected chi connectivity index (χ0v) is 14.3. The molecule has 0 bridgehead atoms. The largest absolute Gasteiger partial charge is 0.494 e. The molecule has 1 heterocycles. The molecule has 0 fully saturated rings. The van der Waals surface area contributed by atoms with Crippen LogP contribution in [-0.2, 0) is 6.54 Å². The number of aromatic nitrogens is 1. The molecule has 1 N–H and O–H groups in total. The first-order valence-corrected chi connectivity index (χ1v) is 8.32. The molecule has 1 aromatic heterocycles. The highest BCUT2D eigenvalue weighted by molar-refractivity contribution is 5.59. The first kappa shape index (κ1) is 17.5. The van der Waals surface area contributed by atoms with Crippen molar-refractivity contribution in [1.82, 2.24) is 4.98 Å². The molecule has 2 aromatic carbocycles. The van der Waals surface area contributed by atoms with E-state index in [0.29, 0.717) is 19.0 Å². The van der Waals surface area contributed by atoms with Crippen molar-refractivity contribution in [2.24, 2.45) is 0 Å². The van der Waals surface area contributed by atoms with E-state index in [-0.39, 0.29) is 17.4 Å². The Hall–Kier alpha value is -3.33.